The van der Waals surface area contributed by atoms with Gasteiger partial charge in [0, 0.05) is 19.1 Å². The first-order valence-electron chi connectivity index (χ1n) is 4.94. The van der Waals surface area contributed by atoms with Gasteiger partial charge in [-0.25, -0.2) is 4.63 Å². The molecule has 1 saturated carbocycles. The van der Waals surface area contributed by atoms with Gasteiger partial charge in [0.05, 0.1) is 6.61 Å². The van der Waals surface area contributed by atoms with Gasteiger partial charge in [-0.2, -0.15) is 0 Å². The predicted molar refractivity (Wildman–Crippen MR) is 49.6 cm³/mol. The molecule has 1 heterocycles. The monoisotopic (exact) mass is 197 g/mol. The van der Waals surface area contributed by atoms with Crippen LogP contribution in [0.3, 0.4) is 0 Å². The van der Waals surface area contributed by atoms with Gasteiger partial charge in [0.15, 0.2) is 0 Å². The molecule has 0 aliphatic heterocycles. The second-order valence-corrected chi connectivity index (χ2v) is 3.72. The molecule has 0 radical (unpaired) electrons. The fourth-order valence-electron chi connectivity index (χ4n) is 1.54. The van der Waals surface area contributed by atoms with E-state index in [1.165, 1.54) is 12.8 Å². The normalized spacial score (nSPS) is 16.5. The standard InChI is InChI=1S/C9H15N3O2/c1-7-9(11-14-10-7)6-12(4-5-13)8-2-3-8/h8,13H,2-6H2,1H3. The summed E-state index contributed by atoms with van der Waals surface area (Å²) in [6.07, 6.45) is 2.45. The van der Waals surface area contributed by atoms with E-state index in [9.17, 15) is 0 Å². The number of hydrogen-bond donors (Lipinski definition) is 1. The van der Waals surface area contributed by atoms with Crippen LogP contribution in [0.15, 0.2) is 4.63 Å². The topological polar surface area (TPSA) is 62.4 Å². The van der Waals surface area contributed by atoms with Gasteiger partial charge in [-0.15, -0.1) is 0 Å². The molecule has 1 fully saturated rings. The van der Waals surface area contributed by atoms with Crippen LogP contribution in [0.2, 0.25) is 0 Å². The highest BCUT2D eigenvalue weighted by Gasteiger charge is 2.29. The van der Waals surface area contributed by atoms with Crippen LogP contribution in [0, 0.1) is 6.92 Å². The molecule has 1 aliphatic rings. The number of aromatic nitrogens is 2. The molecular weight excluding hydrogens is 182 g/mol. The predicted octanol–water partition coefficient (Wildman–Crippen LogP) is 0.335. The Balaban J connectivity index is 1.96. The van der Waals surface area contributed by atoms with Crippen molar-refractivity contribution in [1.29, 1.82) is 0 Å². The molecule has 14 heavy (non-hydrogen) atoms. The van der Waals surface area contributed by atoms with Crippen LogP contribution in [0.1, 0.15) is 24.2 Å². The minimum Gasteiger partial charge on any atom is -0.395 e. The summed E-state index contributed by atoms with van der Waals surface area (Å²) in [5.74, 6) is 0. The Kier molecular flexibility index (Phi) is 2.79. The van der Waals surface area contributed by atoms with Gasteiger partial charge < -0.3 is 5.11 Å². The van der Waals surface area contributed by atoms with Gasteiger partial charge in [-0.05, 0) is 19.8 Å². The van der Waals surface area contributed by atoms with Crippen molar-refractivity contribution in [1.82, 2.24) is 15.2 Å². The van der Waals surface area contributed by atoms with Crippen molar-refractivity contribution in [3.05, 3.63) is 11.4 Å². The highest BCUT2D eigenvalue weighted by atomic mass is 16.6. The maximum absolute atomic E-state index is 8.91. The van der Waals surface area contributed by atoms with Gasteiger partial charge >= 0.3 is 0 Å². The second kappa shape index (κ2) is 4.06. The van der Waals surface area contributed by atoms with E-state index in [2.05, 4.69) is 19.8 Å². The molecule has 0 bridgehead atoms. The van der Waals surface area contributed by atoms with E-state index in [1.54, 1.807) is 0 Å². The third-order valence-corrected chi connectivity index (χ3v) is 2.55. The molecule has 0 atom stereocenters. The van der Waals surface area contributed by atoms with E-state index >= 15 is 0 Å². The largest absolute Gasteiger partial charge is 0.395 e. The molecule has 0 saturated heterocycles. The molecule has 1 N–H and O–H groups in total. The smallest absolute Gasteiger partial charge is 0.122 e. The lowest BCUT2D eigenvalue weighted by Gasteiger charge is -2.18. The van der Waals surface area contributed by atoms with E-state index < -0.39 is 0 Å². The van der Waals surface area contributed by atoms with E-state index in [-0.39, 0.29) is 6.61 Å². The van der Waals surface area contributed by atoms with Crippen LogP contribution in [-0.4, -0.2) is 39.5 Å². The minimum absolute atomic E-state index is 0.195. The Morgan fingerprint density at radius 3 is 2.79 bits per heavy atom. The minimum atomic E-state index is 0.195. The number of aliphatic hydroxyl groups is 1. The summed E-state index contributed by atoms with van der Waals surface area (Å²) >= 11 is 0. The highest BCUT2D eigenvalue weighted by molar-refractivity contribution is 5.05. The lowest BCUT2D eigenvalue weighted by molar-refractivity contribution is 0.179. The van der Waals surface area contributed by atoms with Gasteiger partial charge in [0.1, 0.15) is 11.4 Å². The van der Waals surface area contributed by atoms with Crippen LogP contribution in [0.5, 0.6) is 0 Å². The van der Waals surface area contributed by atoms with E-state index in [0.29, 0.717) is 12.6 Å². The van der Waals surface area contributed by atoms with E-state index in [0.717, 1.165) is 17.9 Å². The fourth-order valence-corrected chi connectivity index (χ4v) is 1.54. The first kappa shape index (κ1) is 9.61. The van der Waals surface area contributed by atoms with Crippen LogP contribution < -0.4 is 0 Å². The highest BCUT2D eigenvalue weighted by Crippen LogP contribution is 2.27. The molecule has 0 spiro atoms. The fraction of sp³-hybridized carbons (Fsp3) is 0.778. The number of rotatable bonds is 5. The van der Waals surface area contributed by atoms with Crippen molar-refractivity contribution >= 4 is 0 Å². The SMILES string of the molecule is Cc1nonc1CN(CCO)C1CC1. The second-order valence-electron chi connectivity index (χ2n) is 3.72. The Labute approximate surface area is 82.7 Å². The number of hydrogen-bond acceptors (Lipinski definition) is 5. The van der Waals surface area contributed by atoms with Crippen molar-refractivity contribution in [2.75, 3.05) is 13.2 Å². The van der Waals surface area contributed by atoms with Crippen molar-refractivity contribution in [3.8, 4) is 0 Å². The third-order valence-electron chi connectivity index (χ3n) is 2.55. The Bertz CT molecular complexity index is 296. The average molecular weight is 197 g/mol. The molecule has 1 aromatic heterocycles. The van der Waals surface area contributed by atoms with Gasteiger partial charge in [-0.1, -0.05) is 10.3 Å². The molecule has 0 amide bonds. The van der Waals surface area contributed by atoms with Crippen LogP contribution in [0.25, 0.3) is 0 Å². The van der Waals surface area contributed by atoms with Crippen LogP contribution >= 0.6 is 0 Å². The Morgan fingerprint density at radius 2 is 2.29 bits per heavy atom. The first-order valence-corrected chi connectivity index (χ1v) is 4.94. The molecule has 1 aliphatic carbocycles. The summed E-state index contributed by atoms with van der Waals surface area (Å²) in [5, 5.41) is 16.5. The van der Waals surface area contributed by atoms with Gasteiger partial charge in [-0.3, -0.25) is 4.90 Å². The van der Waals surface area contributed by atoms with Crippen molar-refractivity contribution < 1.29 is 9.74 Å². The quantitative estimate of drug-likeness (QED) is 0.737. The van der Waals surface area contributed by atoms with Gasteiger partial charge in [0.25, 0.3) is 0 Å². The lowest BCUT2D eigenvalue weighted by atomic mass is 10.3. The summed E-state index contributed by atoms with van der Waals surface area (Å²) in [7, 11) is 0. The summed E-state index contributed by atoms with van der Waals surface area (Å²) in [6.45, 7) is 3.52. The lowest BCUT2D eigenvalue weighted by Crippen LogP contribution is -2.29. The van der Waals surface area contributed by atoms with Crippen LogP contribution in [-0.2, 0) is 6.54 Å². The van der Waals surface area contributed by atoms with Crippen molar-refractivity contribution in [2.24, 2.45) is 0 Å². The Hall–Kier alpha value is -0.940. The molecular formula is C9H15N3O2. The van der Waals surface area contributed by atoms with Gasteiger partial charge in [0.2, 0.25) is 0 Å². The molecule has 1 aromatic rings. The van der Waals surface area contributed by atoms with E-state index in [1.807, 2.05) is 6.92 Å². The van der Waals surface area contributed by atoms with Crippen LogP contribution in [0.4, 0.5) is 0 Å². The maximum atomic E-state index is 8.91. The zero-order valence-corrected chi connectivity index (χ0v) is 8.31. The summed E-state index contributed by atoms with van der Waals surface area (Å²) in [5.41, 5.74) is 1.72. The molecule has 5 nitrogen and oxygen atoms in total. The average Bonchev–Trinajstić information content (AvgIpc) is 2.93. The zero-order valence-electron chi connectivity index (χ0n) is 8.31. The maximum Gasteiger partial charge on any atom is 0.122 e. The number of nitrogens with zero attached hydrogens (tertiary/aromatic N) is 3. The molecule has 78 valence electrons. The first-order chi connectivity index (χ1) is 6.81. The zero-order chi connectivity index (χ0) is 9.97. The molecule has 2 rings (SSSR count). The molecule has 0 aromatic carbocycles. The summed E-state index contributed by atoms with van der Waals surface area (Å²) < 4.78 is 4.64. The molecule has 5 heteroatoms. The number of aliphatic hydroxyl groups excluding tert-OH is 1. The summed E-state index contributed by atoms with van der Waals surface area (Å²) in [4.78, 5) is 2.23. The van der Waals surface area contributed by atoms with Crippen molar-refractivity contribution in [3.63, 3.8) is 0 Å². The third kappa shape index (κ3) is 2.10. The molecule has 0 unspecified atom stereocenters. The number of aryl methyl sites for hydroxylation is 1. The summed E-state index contributed by atoms with van der Waals surface area (Å²) in [6, 6.07) is 0.623. The van der Waals surface area contributed by atoms with Crippen molar-refractivity contribution in [2.45, 2.75) is 32.4 Å². The van der Waals surface area contributed by atoms with E-state index in [4.69, 9.17) is 5.11 Å². The Morgan fingerprint density at radius 1 is 1.50 bits per heavy atom.